The molecular weight excluding hydrogens is 312 g/mol. The summed E-state index contributed by atoms with van der Waals surface area (Å²) < 4.78 is 0. The molecule has 0 saturated carbocycles. The standard InChI is InChI=1S/C11H23N3O4.C5H11N/c1-3-14(4-2)8-6-5-7-9(10(15)17-12)11(16)18-13;1-2-4-6-5-3-1/h9H,3-8,12-13H2,1-2H3;6H,1-5H2. The van der Waals surface area contributed by atoms with Crippen LogP contribution in [-0.2, 0) is 19.3 Å². The molecule has 0 atom stereocenters. The molecular formula is C16H34N4O4. The van der Waals surface area contributed by atoms with E-state index in [0.29, 0.717) is 12.8 Å². The Balaban J connectivity index is 0.000000728. The first kappa shape index (κ1) is 22.8. The third-order valence-electron chi connectivity index (χ3n) is 4.12. The summed E-state index contributed by atoms with van der Waals surface area (Å²) in [7, 11) is 0. The third-order valence-corrected chi connectivity index (χ3v) is 4.12. The number of nitrogens with two attached hydrogens (primary N) is 2. The van der Waals surface area contributed by atoms with Crippen molar-refractivity contribution in [1.82, 2.24) is 10.2 Å². The second-order valence-electron chi connectivity index (χ2n) is 5.76. The molecule has 24 heavy (non-hydrogen) atoms. The highest BCUT2D eigenvalue weighted by molar-refractivity contribution is 5.94. The molecule has 8 nitrogen and oxygen atoms in total. The molecule has 0 aliphatic carbocycles. The lowest BCUT2D eigenvalue weighted by Crippen LogP contribution is -2.31. The highest BCUT2D eigenvalue weighted by atomic mass is 16.7. The van der Waals surface area contributed by atoms with Crippen LogP contribution in [-0.4, -0.2) is 49.6 Å². The maximum absolute atomic E-state index is 11.2. The van der Waals surface area contributed by atoms with Gasteiger partial charge in [0.15, 0.2) is 5.92 Å². The Morgan fingerprint density at radius 1 is 1.00 bits per heavy atom. The number of nitrogens with one attached hydrogen (secondary N) is 1. The Morgan fingerprint density at radius 2 is 1.54 bits per heavy atom. The quantitative estimate of drug-likeness (QED) is 0.317. The van der Waals surface area contributed by atoms with Crippen LogP contribution in [0.2, 0.25) is 0 Å². The molecule has 8 heteroatoms. The van der Waals surface area contributed by atoms with E-state index >= 15 is 0 Å². The molecule has 142 valence electrons. The summed E-state index contributed by atoms with van der Waals surface area (Å²) in [5.74, 6) is 6.85. The van der Waals surface area contributed by atoms with Crippen molar-refractivity contribution < 1.29 is 19.3 Å². The molecule has 1 heterocycles. The fourth-order valence-corrected chi connectivity index (χ4v) is 2.52. The largest absolute Gasteiger partial charge is 0.373 e. The van der Waals surface area contributed by atoms with Crippen molar-refractivity contribution in [2.24, 2.45) is 17.7 Å². The number of hydrogen-bond donors (Lipinski definition) is 3. The van der Waals surface area contributed by atoms with E-state index in [4.69, 9.17) is 11.8 Å². The van der Waals surface area contributed by atoms with Crippen molar-refractivity contribution in [3.05, 3.63) is 0 Å². The van der Waals surface area contributed by atoms with Crippen LogP contribution in [0.5, 0.6) is 0 Å². The minimum Gasteiger partial charge on any atom is -0.373 e. The van der Waals surface area contributed by atoms with E-state index in [9.17, 15) is 9.59 Å². The number of carbonyl (C=O) groups is 2. The maximum Gasteiger partial charge on any atom is 0.338 e. The van der Waals surface area contributed by atoms with Gasteiger partial charge in [-0.25, -0.2) is 9.59 Å². The lowest BCUT2D eigenvalue weighted by molar-refractivity contribution is -0.163. The average molecular weight is 346 g/mol. The SMILES string of the molecule is C1CCNCC1.CCN(CC)CCCCC(C(=O)ON)C(=O)ON. The Morgan fingerprint density at radius 3 is 1.88 bits per heavy atom. The van der Waals surface area contributed by atoms with Crippen LogP contribution in [0, 0.1) is 5.92 Å². The van der Waals surface area contributed by atoms with Gasteiger partial charge in [0.25, 0.3) is 0 Å². The second kappa shape index (κ2) is 15.3. The van der Waals surface area contributed by atoms with Crippen LogP contribution in [0.25, 0.3) is 0 Å². The monoisotopic (exact) mass is 346 g/mol. The molecule has 1 aliphatic rings. The van der Waals surface area contributed by atoms with Gasteiger partial charge in [0.1, 0.15) is 0 Å². The first-order valence-electron chi connectivity index (χ1n) is 8.84. The Kier molecular flexibility index (Phi) is 14.5. The highest BCUT2D eigenvalue weighted by Crippen LogP contribution is 2.12. The summed E-state index contributed by atoms with van der Waals surface area (Å²) in [6.07, 6.45) is 6.12. The Bertz CT molecular complexity index is 307. The molecule has 1 fully saturated rings. The molecule has 1 aliphatic heterocycles. The van der Waals surface area contributed by atoms with Gasteiger partial charge < -0.3 is 19.9 Å². The Labute approximate surface area is 145 Å². The van der Waals surface area contributed by atoms with E-state index in [-0.39, 0.29) is 0 Å². The lowest BCUT2D eigenvalue weighted by Gasteiger charge is -2.18. The normalized spacial score (nSPS) is 14.1. The number of piperidine rings is 1. The summed E-state index contributed by atoms with van der Waals surface area (Å²) in [6, 6.07) is 0. The summed E-state index contributed by atoms with van der Waals surface area (Å²) in [6.45, 7) is 9.56. The molecule has 5 N–H and O–H groups in total. The van der Waals surface area contributed by atoms with Crippen LogP contribution >= 0.6 is 0 Å². The summed E-state index contributed by atoms with van der Waals surface area (Å²) in [5.41, 5.74) is 0. The Hall–Kier alpha value is -1.22. The zero-order valence-corrected chi connectivity index (χ0v) is 15.1. The fraction of sp³-hybridized carbons (Fsp3) is 0.875. The topological polar surface area (TPSA) is 120 Å². The van der Waals surface area contributed by atoms with Crippen molar-refractivity contribution in [3.8, 4) is 0 Å². The van der Waals surface area contributed by atoms with Crippen molar-refractivity contribution in [1.29, 1.82) is 0 Å². The van der Waals surface area contributed by atoms with Gasteiger partial charge >= 0.3 is 11.9 Å². The zero-order chi connectivity index (χ0) is 18.2. The van der Waals surface area contributed by atoms with Crippen LogP contribution < -0.4 is 17.1 Å². The molecule has 1 saturated heterocycles. The van der Waals surface area contributed by atoms with Crippen LogP contribution in [0.1, 0.15) is 52.4 Å². The van der Waals surface area contributed by atoms with E-state index in [1.807, 2.05) is 0 Å². The molecule has 0 spiro atoms. The third kappa shape index (κ3) is 10.5. The number of hydrogen-bond acceptors (Lipinski definition) is 8. The lowest BCUT2D eigenvalue weighted by atomic mass is 10.0. The fourth-order valence-electron chi connectivity index (χ4n) is 2.52. The molecule has 1 rings (SSSR count). The second-order valence-corrected chi connectivity index (χ2v) is 5.76. The first-order chi connectivity index (χ1) is 11.6. The van der Waals surface area contributed by atoms with E-state index in [1.165, 1.54) is 32.4 Å². The number of unbranched alkanes of at least 4 members (excludes halogenated alkanes) is 1. The van der Waals surface area contributed by atoms with E-state index in [1.54, 1.807) is 0 Å². The van der Waals surface area contributed by atoms with Crippen molar-refractivity contribution in [3.63, 3.8) is 0 Å². The van der Waals surface area contributed by atoms with Crippen LogP contribution in [0.4, 0.5) is 0 Å². The van der Waals surface area contributed by atoms with Crippen molar-refractivity contribution in [2.45, 2.75) is 52.4 Å². The summed E-state index contributed by atoms with van der Waals surface area (Å²) in [5, 5.41) is 3.28. The van der Waals surface area contributed by atoms with Gasteiger partial charge in [-0.2, -0.15) is 11.8 Å². The smallest absolute Gasteiger partial charge is 0.338 e. The number of nitrogens with zero attached hydrogens (tertiary/aromatic N) is 1. The average Bonchev–Trinajstić information content (AvgIpc) is 2.65. The van der Waals surface area contributed by atoms with Crippen molar-refractivity contribution >= 4 is 11.9 Å². The summed E-state index contributed by atoms with van der Waals surface area (Å²) >= 11 is 0. The maximum atomic E-state index is 11.2. The minimum atomic E-state index is -1.03. The highest BCUT2D eigenvalue weighted by Gasteiger charge is 2.28. The van der Waals surface area contributed by atoms with Gasteiger partial charge in [-0.15, -0.1) is 0 Å². The number of rotatable bonds is 9. The van der Waals surface area contributed by atoms with E-state index < -0.39 is 17.9 Å². The molecule has 0 aromatic carbocycles. The molecule has 0 aromatic heterocycles. The van der Waals surface area contributed by atoms with Gasteiger partial charge in [-0.05, 0) is 58.4 Å². The minimum absolute atomic E-state index is 0.327. The number of carbonyl (C=O) groups excluding carboxylic acids is 2. The van der Waals surface area contributed by atoms with Gasteiger partial charge in [-0.1, -0.05) is 26.7 Å². The van der Waals surface area contributed by atoms with Crippen LogP contribution in [0.15, 0.2) is 0 Å². The van der Waals surface area contributed by atoms with E-state index in [2.05, 4.69) is 33.7 Å². The predicted octanol–water partition coefficient (Wildman–Crippen LogP) is 0.708. The summed E-state index contributed by atoms with van der Waals surface area (Å²) in [4.78, 5) is 32.8. The van der Waals surface area contributed by atoms with Gasteiger partial charge in [0.05, 0.1) is 0 Å². The molecule has 0 unspecified atom stereocenters. The van der Waals surface area contributed by atoms with Gasteiger partial charge in [-0.3, -0.25) is 0 Å². The molecule has 0 bridgehead atoms. The van der Waals surface area contributed by atoms with Crippen LogP contribution in [0.3, 0.4) is 0 Å². The predicted molar refractivity (Wildman–Crippen MR) is 92.4 cm³/mol. The van der Waals surface area contributed by atoms with Crippen molar-refractivity contribution in [2.75, 3.05) is 32.7 Å². The van der Waals surface area contributed by atoms with E-state index in [0.717, 1.165) is 26.1 Å². The molecule has 0 radical (unpaired) electrons. The first-order valence-corrected chi connectivity index (χ1v) is 8.84. The molecule has 0 aromatic rings. The van der Waals surface area contributed by atoms with Gasteiger partial charge in [0.2, 0.25) is 0 Å². The van der Waals surface area contributed by atoms with Gasteiger partial charge in [0, 0.05) is 0 Å². The zero-order valence-electron chi connectivity index (χ0n) is 15.1. The molecule has 0 amide bonds.